The molecule has 0 aliphatic carbocycles. The van der Waals surface area contributed by atoms with Crippen LogP contribution in [0.5, 0.6) is 0 Å². The Kier molecular flexibility index (Phi) is 7.80. The fourth-order valence-corrected chi connectivity index (χ4v) is 4.68. The van der Waals surface area contributed by atoms with Crippen molar-refractivity contribution in [1.82, 2.24) is 9.80 Å². The SMILES string of the molecule is N=C(N)c1ccc(-c2ccc(C(=O)N3CCC(CC(=O)OCCN4CCCC4=O)CC3)cc2)cc1. The number of nitrogens with two attached hydrogens (primary N) is 1. The molecule has 0 atom stereocenters. The van der Waals surface area contributed by atoms with Crippen LogP contribution in [0, 0.1) is 11.3 Å². The van der Waals surface area contributed by atoms with Crippen LogP contribution >= 0.6 is 0 Å². The Balaban J connectivity index is 1.21. The number of nitrogens with one attached hydrogen (secondary N) is 1. The topological polar surface area (TPSA) is 117 Å². The van der Waals surface area contributed by atoms with Gasteiger partial charge in [0.1, 0.15) is 12.4 Å². The van der Waals surface area contributed by atoms with E-state index in [1.165, 1.54) is 0 Å². The number of hydrogen-bond donors (Lipinski definition) is 2. The first kappa shape index (κ1) is 24.4. The zero-order chi connectivity index (χ0) is 24.8. The molecule has 0 aromatic heterocycles. The zero-order valence-corrected chi connectivity index (χ0v) is 19.9. The molecule has 8 nitrogen and oxygen atoms in total. The van der Waals surface area contributed by atoms with Crippen molar-refractivity contribution in [3.8, 4) is 11.1 Å². The van der Waals surface area contributed by atoms with Gasteiger partial charge in [-0.2, -0.15) is 0 Å². The fraction of sp³-hybridized carbons (Fsp3) is 0.407. The molecule has 0 saturated carbocycles. The van der Waals surface area contributed by atoms with Gasteiger partial charge < -0.3 is 20.3 Å². The van der Waals surface area contributed by atoms with E-state index < -0.39 is 0 Å². The molecule has 8 heteroatoms. The van der Waals surface area contributed by atoms with Crippen molar-refractivity contribution < 1.29 is 19.1 Å². The molecule has 184 valence electrons. The van der Waals surface area contributed by atoms with Crippen LogP contribution in [0.4, 0.5) is 0 Å². The molecule has 2 amide bonds. The molecule has 2 aromatic carbocycles. The summed E-state index contributed by atoms with van der Waals surface area (Å²) in [6.45, 7) is 2.71. The van der Waals surface area contributed by atoms with Gasteiger partial charge in [0, 0.05) is 43.6 Å². The predicted octanol–water partition coefficient (Wildman–Crippen LogP) is 3.05. The first-order valence-electron chi connectivity index (χ1n) is 12.2. The number of benzene rings is 2. The average Bonchev–Trinajstić information content (AvgIpc) is 3.28. The van der Waals surface area contributed by atoms with Gasteiger partial charge in [-0.1, -0.05) is 36.4 Å². The van der Waals surface area contributed by atoms with E-state index in [4.69, 9.17) is 15.9 Å². The summed E-state index contributed by atoms with van der Waals surface area (Å²) in [5.74, 6) is 0.151. The van der Waals surface area contributed by atoms with Gasteiger partial charge in [0.25, 0.3) is 5.91 Å². The van der Waals surface area contributed by atoms with Crippen molar-refractivity contribution in [3.63, 3.8) is 0 Å². The summed E-state index contributed by atoms with van der Waals surface area (Å²) in [7, 11) is 0. The van der Waals surface area contributed by atoms with E-state index in [-0.39, 0.29) is 36.1 Å². The summed E-state index contributed by atoms with van der Waals surface area (Å²) in [6, 6.07) is 15.0. The second kappa shape index (κ2) is 11.2. The first-order valence-corrected chi connectivity index (χ1v) is 12.2. The van der Waals surface area contributed by atoms with E-state index in [1.807, 2.05) is 53.4 Å². The number of amides is 2. The van der Waals surface area contributed by atoms with Gasteiger partial charge >= 0.3 is 5.97 Å². The smallest absolute Gasteiger partial charge is 0.306 e. The molecule has 35 heavy (non-hydrogen) atoms. The highest BCUT2D eigenvalue weighted by molar-refractivity contribution is 5.96. The summed E-state index contributed by atoms with van der Waals surface area (Å²) in [6.07, 6.45) is 3.36. The van der Waals surface area contributed by atoms with E-state index in [1.54, 1.807) is 4.90 Å². The number of rotatable bonds is 8. The maximum atomic E-state index is 13.0. The highest BCUT2D eigenvalue weighted by Gasteiger charge is 2.26. The van der Waals surface area contributed by atoms with E-state index in [0.717, 1.165) is 36.9 Å². The lowest BCUT2D eigenvalue weighted by Gasteiger charge is -2.31. The van der Waals surface area contributed by atoms with Gasteiger partial charge in [-0.25, -0.2) is 0 Å². The lowest BCUT2D eigenvalue weighted by molar-refractivity contribution is -0.146. The van der Waals surface area contributed by atoms with Crippen LogP contribution in [-0.2, 0) is 14.3 Å². The molecule has 3 N–H and O–H groups in total. The molecule has 0 bridgehead atoms. The average molecular weight is 477 g/mol. The maximum absolute atomic E-state index is 13.0. The minimum atomic E-state index is -0.228. The van der Waals surface area contributed by atoms with Crippen LogP contribution in [-0.4, -0.2) is 66.2 Å². The van der Waals surface area contributed by atoms with Crippen LogP contribution in [0.3, 0.4) is 0 Å². The van der Waals surface area contributed by atoms with Gasteiger partial charge in [0.05, 0.1) is 6.54 Å². The minimum Gasteiger partial charge on any atom is -0.464 e. The quantitative estimate of drug-likeness (QED) is 0.345. The summed E-state index contributed by atoms with van der Waals surface area (Å²) in [5, 5.41) is 7.49. The normalized spacial score (nSPS) is 16.4. The largest absolute Gasteiger partial charge is 0.464 e. The Bertz CT molecular complexity index is 1070. The minimum absolute atomic E-state index is 0.000200. The van der Waals surface area contributed by atoms with E-state index in [9.17, 15) is 14.4 Å². The Labute approximate surface area is 205 Å². The standard InChI is InChI=1S/C27H32N4O4/c28-26(29)22-7-3-20(4-8-22)21-5-9-23(10-6-21)27(34)31-14-11-19(12-15-31)18-25(33)35-17-16-30-13-1-2-24(30)32/h3-10,19H,1-2,11-18H2,(H3,28,29). The molecule has 2 aliphatic heterocycles. The number of nitrogens with zero attached hydrogens (tertiary/aromatic N) is 2. The van der Waals surface area contributed by atoms with Gasteiger partial charge in [-0.3, -0.25) is 19.8 Å². The van der Waals surface area contributed by atoms with Crippen LogP contribution < -0.4 is 5.73 Å². The van der Waals surface area contributed by atoms with Gasteiger partial charge in [0.15, 0.2) is 0 Å². The Morgan fingerprint density at radius 3 is 2.09 bits per heavy atom. The molecule has 0 spiro atoms. The highest BCUT2D eigenvalue weighted by atomic mass is 16.5. The van der Waals surface area contributed by atoms with Gasteiger partial charge in [-0.15, -0.1) is 0 Å². The second-order valence-electron chi connectivity index (χ2n) is 9.21. The lowest BCUT2D eigenvalue weighted by Crippen LogP contribution is -2.39. The molecular weight excluding hydrogens is 444 g/mol. The molecule has 4 rings (SSSR count). The predicted molar refractivity (Wildman–Crippen MR) is 133 cm³/mol. The summed E-state index contributed by atoms with van der Waals surface area (Å²) >= 11 is 0. The molecule has 2 saturated heterocycles. The van der Waals surface area contributed by atoms with E-state index in [0.29, 0.717) is 43.6 Å². The molecular formula is C27H32N4O4. The third kappa shape index (κ3) is 6.26. The highest BCUT2D eigenvalue weighted by Crippen LogP contribution is 2.24. The lowest BCUT2D eigenvalue weighted by atomic mass is 9.93. The third-order valence-corrected chi connectivity index (χ3v) is 6.81. The number of piperidine rings is 1. The number of carbonyl (C=O) groups excluding carboxylic acids is 3. The molecule has 0 unspecified atom stereocenters. The second-order valence-corrected chi connectivity index (χ2v) is 9.21. The van der Waals surface area contributed by atoms with E-state index >= 15 is 0 Å². The molecule has 2 fully saturated rings. The monoisotopic (exact) mass is 476 g/mol. The number of likely N-dealkylation sites (tertiary alicyclic amines) is 2. The van der Waals surface area contributed by atoms with Crippen LogP contribution in [0.25, 0.3) is 11.1 Å². The number of hydrogen-bond acceptors (Lipinski definition) is 5. The molecule has 2 aliphatic rings. The van der Waals surface area contributed by atoms with Crippen molar-refractivity contribution in [1.29, 1.82) is 5.41 Å². The third-order valence-electron chi connectivity index (χ3n) is 6.81. The number of amidine groups is 1. The Hall–Kier alpha value is -3.68. The number of nitrogen functional groups attached to an aromatic ring is 1. The van der Waals surface area contributed by atoms with Crippen molar-refractivity contribution in [2.24, 2.45) is 11.7 Å². The number of ether oxygens (including phenoxy) is 1. The van der Waals surface area contributed by atoms with Crippen LogP contribution in [0.15, 0.2) is 48.5 Å². The summed E-state index contributed by atoms with van der Waals surface area (Å²) < 4.78 is 5.33. The van der Waals surface area contributed by atoms with Crippen LogP contribution in [0.1, 0.15) is 48.0 Å². The van der Waals surface area contributed by atoms with E-state index in [2.05, 4.69) is 0 Å². The van der Waals surface area contributed by atoms with Crippen molar-refractivity contribution in [2.75, 3.05) is 32.8 Å². The van der Waals surface area contributed by atoms with Crippen molar-refractivity contribution >= 4 is 23.6 Å². The number of esters is 1. The van der Waals surface area contributed by atoms with Crippen molar-refractivity contribution in [3.05, 3.63) is 59.7 Å². The van der Waals surface area contributed by atoms with Gasteiger partial charge in [0.2, 0.25) is 5.91 Å². The first-order chi connectivity index (χ1) is 16.9. The number of carbonyl (C=O) groups is 3. The molecule has 0 radical (unpaired) electrons. The van der Waals surface area contributed by atoms with Crippen LogP contribution in [0.2, 0.25) is 0 Å². The fourth-order valence-electron chi connectivity index (χ4n) is 4.68. The Morgan fingerprint density at radius 1 is 0.943 bits per heavy atom. The summed E-state index contributed by atoms with van der Waals surface area (Å²) in [4.78, 5) is 40.3. The van der Waals surface area contributed by atoms with Gasteiger partial charge in [-0.05, 0) is 48.4 Å². The molecule has 2 heterocycles. The van der Waals surface area contributed by atoms with Crippen molar-refractivity contribution in [2.45, 2.75) is 32.1 Å². The maximum Gasteiger partial charge on any atom is 0.306 e. The summed E-state index contributed by atoms with van der Waals surface area (Å²) in [5.41, 5.74) is 8.81. The zero-order valence-electron chi connectivity index (χ0n) is 19.9. The molecule has 2 aromatic rings. The Morgan fingerprint density at radius 2 is 1.54 bits per heavy atom.